The van der Waals surface area contributed by atoms with Gasteiger partial charge in [-0.15, -0.1) is 0 Å². The lowest BCUT2D eigenvalue weighted by molar-refractivity contribution is 0.0993. The second-order valence-electron chi connectivity index (χ2n) is 7.04. The number of carbonyl (C=O) groups excluding carboxylic acids is 1. The van der Waals surface area contributed by atoms with Gasteiger partial charge in [-0.3, -0.25) is 4.79 Å². The quantitative estimate of drug-likeness (QED) is 0.791. The lowest BCUT2D eigenvalue weighted by Crippen LogP contribution is -2.34. The highest BCUT2D eigenvalue weighted by atomic mass is 32.2. The van der Waals surface area contributed by atoms with Crippen molar-refractivity contribution in [1.29, 1.82) is 0 Å². The van der Waals surface area contributed by atoms with Crippen molar-refractivity contribution in [3.05, 3.63) is 60.2 Å². The van der Waals surface area contributed by atoms with Crippen LogP contribution in [-0.2, 0) is 10.0 Å². The first-order valence-electron chi connectivity index (χ1n) is 9.43. The minimum absolute atomic E-state index is 0.0242. The van der Waals surface area contributed by atoms with Crippen LogP contribution in [0.3, 0.4) is 0 Å². The molecule has 0 bridgehead atoms. The van der Waals surface area contributed by atoms with Gasteiger partial charge in [0, 0.05) is 24.3 Å². The minimum atomic E-state index is -3.64. The molecule has 2 aromatic carbocycles. The van der Waals surface area contributed by atoms with E-state index in [0.29, 0.717) is 5.56 Å². The molecule has 1 aliphatic rings. The van der Waals surface area contributed by atoms with Crippen molar-refractivity contribution in [2.24, 2.45) is 0 Å². The highest BCUT2D eigenvalue weighted by Gasteiger charge is 2.23. The maximum absolute atomic E-state index is 12.8. The fourth-order valence-electron chi connectivity index (χ4n) is 3.44. The first kappa shape index (κ1) is 19.6. The van der Waals surface area contributed by atoms with Crippen LogP contribution in [-0.4, -0.2) is 27.4 Å². The van der Waals surface area contributed by atoms with Gasteiger partial charge in [-0.05, 0) is 43.2 Å². The summed E-state index contributed by atoms with van der Waals surface area (Å²) < 4.78 is 28.4. The Hall–Kier alpha value is -2.18. The molecule has 1 amide bonds. The molecule has 0 aromatic heterocycles. The van der Waals surface area contributed by atoms with E-state index < -0.39 is 10.0 Å². The molecule has 1 fully saturated rings. The number of nitrogens with zero attached hydrogens (tertiary/aromatic N) is 1. The molecule has 0 saturated heterocycles. The van der Waals surface area contributed by atoms with E-state index in [4.69, 9.17) is 0 Å². The van der Waals surface area contributed by atoms with Gasteiger partial charge in [0.2, 0.25) is 10.0 Å². The van der Waals surface area contributed by atoms with Crippen LogP contribution in [0.15, 0.2) is 59.5 Å². The standard InChI is InChI=1S/C21H26N2O3S/c1-23(19-13-7-4-8-14-19)21(24)17-10-9-15-20(16-17)27(25,26)22-18-11-5-2-3-6-12-18/h4,7-10,13-16,18,22H,2-3,5-6,11-12H2,1H3. The van der Waals surface area contributed by atoms with Gasteiger partial charge < -0.3 is 4.90 Å². The van der Waals surface area contributed by atoms with Crippen LogP contribution in [0.2, 0.25) is 0 Å². The van der Waals surface area contributed by atoms with Crippen molar-refractivity contribution in [3.8, 4) is 0 Å². The number of hydrogen-bond acceptors (Lipinski definition) is 3. The minimum Gasteiger partial charge on any atom is -0.311 e. The number of rotatable bonds is 5. The predicted octanol–water partition coefficient (Wildman–Crippen LogP) is 3.96. The van der Waals surface area contributed by atoms with Crippen molar-refractivity contribution < 1.29 is 13.2 Å². The van der Waals surface area contributed by atoms with Crippen LogP contribution in [0, 0.1) is 0 Å². The molecule has 1 aliphatic carbocycles. The molecule has 3 rings (SSSR count). The number of amides is 1. The van der Waals surface area contributed by atoms with Gasteiger partial charge in [0.15, 0.2) is 0 Å². The van der Waals surface area contributed by atoms with E-state index in [0.717, 1.165) is 44.2 Å². The first-order chi connectivity index (χ1) is 13.0. The van der Waals surface area contributed by atoms with Crippen molar-refractivity contribution in [3.63, 3.8) is 0 Å². The van der Waals surface area contributed by atoms with Gasteiger partial charge in [-0.2, -0.15) is 0 Å². The summed E-state index contributed by atoms with van der Waals surface area (Å²) in [6, 6.07) is 15.5. The number of carbonyl (C=O) groups is 1. The Morgan fingerprint density at radius 3 is 2.30 bits per heavy atom. The molecule has 5 nitrogen and oxygen atoms in total. The maximum atomic E-state index is 12.8. The monoisotopic (exact) mass is 386 g/mol. The van der Waals surface area contributed by atoms with Crippen LogP contribution < -0.4 is 9.62 Å². The van der Waals surface area contributed by atoms with E-state index in [1.165, 1.54) is 11.0 Å². The van der Waals surface area contributed by atoms with E-state index in [9.17, 15) is 13.2 Å². The summed E-state index contributed by atoms with van der Waals surface area (Å²) in [5.41, 5.74) is 1.11. The molecule has 0 radical (unpaired) electrons. The SMILES string of the molecule is CN(C(=O)c1cccc(S(=O)(=O)NC2CCCCCC2)c1)c1ccccc1. The number of hydrogen-bond donors (Lipinski definition) is 1. The molecule has 27 heavy (non-hydrogen) atoms. The zero-order valence-corrected chi connectivity index (χ0v) is 16.4. The molecule has 144 valence electrons. The van der Waals surface area contributed by atoms with E-state index in [2.05, 4.69) is 4.72 Å². The van der Waals surface area contributed by atoms with E-state index >= 15 is 0 Å². The summed E-state index contributed by atoms with van der Waals surface area (Å²) in [4.78, 5) is 14.4. The molecule has 0 unspecified atom stereocenters. The number of para-hydroxylation sites is 1. The second kappa shape index (κ2) is 8.67. The first-order valence-corrected chi connectivity index (χ1v) is 10.9. The summed E-state index contributed by atoms with van der Waals surface area (Å²) in [5, 5.41) is 0. The van der Waals surface area contributed by atoms with Crippen molar-refractivity contribution in [2.45, 2.75) is 49.5 Å². The van der Waals surface area contributed by atoms with E-state index in [-0.39, 0.29) is 16.8 Å². The fourth-order valence-corrected chi connectivity index (χ4v) is 4.79. The number of benzene rings is 2. The van der Waals surface area contributed by atoms with E-state index in [1.807, 2.05) is 30.3 Å². The van der Waals surface area contributed by atoms with Gasteiger partial charge in [0.1, 0.15) is 0 Å². The third kappa shape index (κ3) is 4.96. The van der Waals surface area contributed by atoms with Gasteiger partial charge in [-0.25, -0.2) is 13.1 Å². The molecule has 1 N–H and O–H groups in total. The summed E-state index contributed by atoms with van der Waals surface area (Å²) in [6.45, 7) is 0. The predicted molar refractivity (Wildman–Crippen MR) is 107 cm³/mol. The molecular weight excluding hydrogens is 360 g/mol. The molecule has 0 spiro atoms. The molecule has 0 heterocycles. The number of anilines is 1. The Bertz CT molecular complexity index is 873. The van der Waals surface area contributed by atoms with Crippen LogP contribution in [0.25, 0.3) is 0 Å². The molecule has 2 aromatic rings. The van der Waals surface area contributed by atoms with Crippen LogP contribution in [0.5, 0.6) is 0 Å². The van der Waals surface area contributed by atoms with Crippen molar-refractivity contribution in [2.75, 3.05) is 11.9 Å². The summed E-state index contributed by atoms with van der Waals surface area (Å²) in [5.74, 6) is -0.243. The summed E-state index contributed by atoms with van der Waals surface area (Å²) in [6.07, 6.45) is 6.16. The topological polar surface area (TPSA) is 66.5 Å². The lowest BCUT2D eigenvalue weighted by atomic mass is 10.1. The van der Waals surface area contributed by atoms with Crippen LogP contribution in [0.4, 0.5) is 5.69 Å². The van der Waals surface area contributed by atoms with Crippen molar-refractivity contribution in [1.82, 2.24) is 4.72 Å². The molecule has 0 aliphatic heterocycles. The number of sulfonamides is 1. The van der Waals surface area contributed by atoms with Gasteiger partial charge in [0.25, 0.3) is 5.91 Å². The van der Waals surface area contributed by atoms with E-state index in [1.54, 1.807) is 25.2 Å². The normalized spacial score (nSPS) is 15.9. The Labute approximate surface area is 161 Å². The average molecular weight is 387 g/mol. The molecule has 6 heteroatoms. The largest absolute Gasteiger partial charge is 0.311 e. The zero-order valence-electron chi connectivity index (χ0n) is 15.6. The highest BCUT2D eigenvalue weighted by molar-refractivity contribution is 7.89. The van der Waals surface area contributed by atoms with Crippen LogP contribution >= 0.6 is 0 Å². The summed E-state index contributed by atoms with van der Waals surface area (Å²) >= 11 is 0. The fraction of sp³-hybridized carbons (Fsp3) is 0.381. The van der Waals surface area contributed by atoms with Gasteiger partial charge >= 0.3 is 0 Å². The van der Waals surface area contributed by atoms with Crippen molar-refractivity contribution >= 4 is 21.6 Å². The smallest absolute Gasteiger partial charge is 0.258 e. The number of nitrogens with one attached hydrogen (secondary N) is 1. The third-order valence-electron chi connectivity index (χ3n) is 5.02. The van der Waals surface area contributed by atoms with Gasteiger partial charge in [0.05, 0.1) is 4.90 Å². The average Bonchev–Trinajstić information content (AvgIpc) is 2.96. The Kier molecular flexibility index (Phi) is 6.29. The lowest BCUT2D eigenvalue weighted by Gasteiger charge is -2.19. The zero-order chi connectivity index (χ0) is 19.3. The molecule has 1 saturated carbocycles. The maximum Gasteiger partial charge on any atom is 0.258 e. The third-order valence-corrected chi connectivity index (χ3v) is 6.53. The molecule has 0 atom stereocenters. The second-order valence-corrected chi connectivity index (χ2v) is 8.75. The van der Waals surface area contributed by atoms with Crippen LogP contribution in [0.1, 0.15) is 48.9 Å². The molecular formula is C21H26N2O3S. The highest BCUT2D eigenvalue weighted by Crippen LogP contribution is 2.21. The summed E-state index contributed by atoms with van der Waals surface area (Å²) in [7, 11) is -1.96. The van der Waals surface area contributed by atoms with Gasteiger partial charge in [-0.1, -0.05) is 49.9 Å². The Balaban J connectivity index is 1.78. The Morgan fingerprint density at radius 2 is 1.63 bits per heavy atom. The Morgan fingerprint density at radius 1 is 0.963 bits per heavy atom.